The van der Waals surface area contributed by atoms with Crippen LogP contribution in [0.25, 0.3) is 0 Å². The van der Waals surface area contributed by atoms with Crippen LogP contribution < -0.4 is 10.6 Å². The van der Waals surface area contributed by atoms with Gasteiger partial charge in [-0.05, 0) is 31.4 Å². The molecular formula is C15H20F2N2O3. The molecule has 1 atom stereocenters. The van der Waals surface area contributed by atoms with Crippen molar-refractivity contribution in [3.05, 3.63) is 29.8 Å². The number of urea groups is 1. The molecule has 1 aromatic carbocycles. The van der Waals surface area contributed by atoms with Gasteiger partial charge in [-0.3, -0.25) is 0 Å². The van der Waals surface area contributed by atoms with Crippen LogP contribution in [-0.4, -0.2) is 38.5 Å². The van der Waals surface area contributed by atoms with Gasteiger partial charge in [-0.2, -0.15) is 0 Å². The van der Waals surface area contributed by atoms with Crippen LogP contribution in [0.2, 0.25) is 0 Å². The summed E-state index contributed by atoms with van der Waals surface area (Å²) in [6, 6.07) is 2.44. The first kappa shape index (κ1) is 16.6. The van der Waals surface area contributed by atoms with Crippen LogP contribution in [0.1, 0.15) is 19.3 Å². The number of carbonyl (C=O) groups is 1. The van der Waals surface area contributed by atoms with Crippen molar-refractivity contribution < 1.29 is 23.0 Å². The monoisotopic (exact) mass is 314 g/mol. The summed E-state index contributed by atoms with van der Waals surface area (Å²) in [6.45, 7) is 2.30. The third kappa shape index (κ3) is 5.57. The highest BCUT2D eigenvalue weighted by molar-refractivity contribution is 5.89. The zero-order valence-corrected chi connectivity index (χ0v) is 12.2. The molecule has 1 heterocycles. The van der Waals surface area contributed by atoms with Crippen LogP contribution in [0.15, 0.2) is 18.2 Å². The Morgan fingerprint density at radius 3 is 3.00 bits per heavy atom. The van der Waals surface area contributed by atoms with Gasteiger partial charge in [-0.15, -0.1) is 0 Å². The Labute approximate surface area is 128 Å². The third-order valence-electron chi connectivity index (χ3n) is 3.26. The van der Waals surface area contributed by atoms with Crippen LogP contribution in [-0.2, 0) is 9.47 Å². The number of hydrogen-bond acceptors (Lipinski definition) is 3. The largest absolute Gasteiger partial charge is 0.379 e. The molecule has 2 N–H and O–H groups in total. The van der Waals surface area contributed by atoms with E-state index in [1.807, 2.05) is 0 Å². The zero-order valence-electron chi connectivity index (χ0n) is 12.2. The van der Waals surface area contributed by atoms with Crippen molar-refractivity contribution in [2.24, 2.45) is 0 Å². The SMILES string of the molecule is O=C(NCCCOCC1CCCO1)Nc1ccc(F)cc1F. The molecule has 0 radical (unpaired) electrons. The van der Waals surface area contributed by atoms with Gasteiger partial charge in [0.2, 0.25) is 0 Å². The summed E-state index contributed by atoms with van der Waals surface area (Å²) < 4.78 is 36.9. The molecule has 5 nitrogen and oxygen atoms in total. The summed E-state index contributed by atoms with van der Waals surface area (Å²) in [7, 11) is 0. The molecule has 0 aliphatic carbocycles. The van der Waals surface area contributed by atoms with Crippen LogP contribution in [0.3, 0.4) is 0 Å². The van der Waals surface area contributed by atoms with Gasteiger partial charge in [0, 0.05) is 25.8 Å². The van der Waals surface area contributed by atoms with E-state index in [0.717, 1.165) is 25.5 Å². The van der Waals surface area contributed by atoms with Gasteiger partial charge in [0.1, 0.15) is 11.6 Å². The quantitative estimate of drug-likeness (QED) is 0.761. The summed E-state index contributed by atoms with van der Waals surface area (Å²) in [4.78, 5) is 11.5. The average Bonchev–Trinajstić information content (AvgIpc) is 2.99. The molecule has 2 amide bonds. The summed E-state index contributed by atoms with van der Waals surface area (Å²) in [5.74, 6) is -1.50. The smallest absolute Gasteiger partial charge is 0.319 e. The van der Waals surface area contributed by atoms with Crippen molar-refractivity contribution in [2.45, 2.75) is 25.4 Å². The van der Waals surface area contributed by atoms with Gasteiger partial charge < -0.3 is 20.1 Å². The van der Waals surface area contributed by atoms with E-state index in [0.29, 0.717) is 32.2 Å². The minimum atomic E-state index is -0.810. The number of benzene rings is 1. The van der Waals surface area contributed by atoms with Crippen molar-refractivity contribution in [3.8, 4) is 0 Å². The minimum Gasteiger partial charge on any atom is -0.379 e. The first-order valence-electron chi connectivity index (χ1n) is 7.34. The fourth-order valence-corrected chi connectivity index (χ4v) is 2.12. The van der Waals surface area contributed by atoms with Crippen molar-refractivity contribution >= 4 is 11.7 Å². The van der Waals surface area contributed by atoms with Crippen LogP contribution in [0.4, 0.5) is 19.3 Å². The molecule has 2 rings (SSSR count). The second-order valence-electron chi connectivity index (χ2n) is 5.07. The number of amides is 2. The number of rotatable bonds is 7. The topological polar surface area (TPSA) is 59.6 Å². The summed E-state index contributed by atoms with van der Waals surface area (Å²) in [6.07, 6.45) is 2.95. The average molecular weight is 314 g/mol. The van der Waals surface area contributed by atoms with E-state index in [1.165, 1.54) is 6.07 Å². The molecule has 122 valence electrons. The molecule has 1 fully saturated rings. The Morgan fingerprint density at radius 2 is 2.27 bits per heavy atom. The molecule has 1 unspecified atom stereocenters. The molecule has 1 aliphatic heterocycles. The Morgan fingerprint density at radius 1 is 1.41 bits per heavy atom. The number of hydrogen-bond donors (Lipinski definition) is 2. The molecule has 7 heteroatoms. The van der Waals surface area contributed by atoms with Crippen molar-refractivity contribution in [2.75, 3.05) is 31.7 Å². The molecule has 0 bridgehead atoms. The van der Waals surface area contributed by atoms with Gasteiger partial charge in [0.15, 0.2) is 0 Å². The third-order valence-corrected chi connectivity index (χ3v) is 3.26. The van der Waals surface area contributed by atoms with Crippen molar-refractivity contribution in [1.29, 1.82) is 0 Å². The Balaban J connectivity index is 1.55. The maximum absolute atomic E-state index is 13.3. The lowest BCUT2D eigenvalue weighted by atomic mass is 10.2. The predicted octanol–water partition coefficient (Wildman–Crippen LogP) is 2.67. The van der Waals surface area contributed by atoms with E-state index in [4.69, 9.17) is 9.47 Å². The summed E-state index contributed by atoms with van der Waals surface area (Å²) in [5.41, 5.74) is -0.0615. The normalized spacial score (nSPS) is 17.5. The minimum absolute atomic E-state index is 0.0615. The number of anilines is 1. The first-order chi connectivity index (χ1) is 10.6. The number of nitrogens with one attached hydrogen (secondary N) is 2. The Bertz CT molecular complexity index is 494. The second kappa shape index (κ2) is 8.65. The first-order valence-corrected chi connectivity index (χ1v) is 7.34. The molecule has 0 spiro atoms. The predicted molar refractivity (Wildman–Crippen MR) is 77.8 cm³/mol. The van der Waals surface area contributed by atoms with E-state index >= 15 is 0 Å². The number of halogens is 2. The number of ether oxygens (including phenoxy) is 2. The van der Waals surface area contributed by atoms with Crippen LogP contribution >= 0.6 is 0 Å². The van der Waals surface area contributed by atoms with Crippen molar-refractivity contribution in [3.63, 3.8) is 0 Å². The van der Waals surface area contributed by atoms with Gasteiger partial charge in [0.25, 0.3) is 0 Å². The maximum Gasteiger partial charge on any atom is 0.319 e. The highest BCUT2D eigenvalue weighted by atomic mass is 19.1. The van der Waals surface area contributed by atoms with E-state index in [2.05, 4.69) is 10.6 Å². The van der Waals surface area contributed by atoms with E-state index in [-0.39, 0.29) is 11.8 Å². The molecule has 1 aliphatic rings. The molecule has 0 aromatic heterocycles. The highest BCUT2D eigenvalue weighted by Crippen LogP contribution is 2.14. The fraction of sp³-hybridized carbons (Fsp3) is 0.533. The van der Waals surface area contributed by atoms with E-state index in [1.54, 1.807) is 0 Å². The fourth-order valence-electron chi connectivity index (χ4n) is 2.12. The van der Waals surface area contributed by atoms with E-state index < -0.39 is 17.7 Å². The standard InChI is InChI=1S/C15H20F2N2O3/c16-11-4-5-14(13(17)9-11)19-15(20)18-6-2-7-21-10-12-3-1-8-22-12/h4-5,9,12H,1-3,6-8,10H2,(H2,18,19,20). The molecule has 1 saturated heterocycles. The van der Waals surface area contributed by atoms with Gasteiger partial charge in [0.05, 0.1) is 18.4 Å². The lowest BCUT2D eigenvalue weighted by Gasteiger charge is -2.11. The lowest BCUT2D eigenvalue weighted by molar-refractivity contribution is 0.0168. The summed E-state index contributed by atoms with van der Waals surface area (Å²) in [5, 5.41) is 4.90. The highest BCUT2D eigenvalue weighted by Gasteiger charge is 2.15. The van der Waals surface area contributed by atoms with Crippen molar-refractivity contribution in [1.82, 2.24) is 5.32 Å². The van der Waals surface area contributed by atoms with Gasteiger partial charge in [-0.1, -0.05) is 0 Å². The lowest BCUT2D eigenvalue weighted by Crippen LogP contribution is -2.30. The number of carbonyl (C=O) groups excluding carboxylic acids is 1. The van der Waals surface area contributed by atoms with E-state index in [9.17, 15) is 13.6 Å². The second-order valence-corrected chi connectivity index (χ2v) is 5.07. The van der Waals surface area contributed by atoms with Gasteiger partial charge >= 0.3 is 6.03 Å². The summed E-state index contributed by atoms with van der Waals surface area (Å²) >= 11 is 0. The molecule has 1 aromatic rings. The zero-order chi connectivity index (χ0) is 15.8. The van der Waals surface area contributed by atoms with Gasteiger partial charge in [-0.25, -0.2) is 13.6 Å². The Hall–Kier alpha value is -1.73. The maximum atomic E-state index is 13.3. The molecular weight excluding hydrogens is 294 g/mol. The molecule has 0 saturated carbocycles. The molecule has 22 heavy (non-hydrogen) atoms. The van der Waals surface area contributed by atoms with Crippen LogP contribution in [0.5, 0.6) is 0 Å². The Kier molecular flexibility index (Phi) is 6.54. The van der Waals surface area contributed by atoms with Crippen LogP contribution in [0, 0.1) is 11.6 Å².